The van der Waals surface area contributed by atoms with Crippen LogP contribution in [0.15, 0.2) is 42.6 Å². The van der Waals surface area contributed by atoms with Crippen LogP contribution in [0.1, 0.15) is 5.56 Å². The number of hydrogen-bond donors (Lipinski definition) is 2. The molecule has 2 N–H and O–H groups in total. The van der Waals surface area contributed by atoms with Crippen LogP contribution in [0.5, 0.6) is 5.75 Å². The van der Waals surface area contributed by atoms with Crippen LogP contribution in [0.4, 0.5) is 20.4 Å². The number of ether oxygens (including phenoxy) is 1. The van der Waals surface area contributed by atoms with Crippen molar-refractivity contribution in [1.82, 2.24) is 9.97 Å². The fraction of sp³-hybridized carbons (Fsp3) is 0.158. The first-order valence-electron chi connectivity index (χ1n) is 8.29. The second kappa shape index (κ2) is 8.30. The highest BCUT2D eigenvalue weighted by Gasteiger charge is 2.14. The normalized spacial score (nSPS) is 13.0. The van der Waals surface area contributed by atoms with E-state index in [1.54, 1.807) is 6.07 Å². The van der Waals surface area contributed by atoms with Gasteiger partial charge in [0.25, 0.3) is 0 Å². The molecule has 0 bridgehead atoms. The second-order valence-electron chi connectivity index (χ2n) is 6.35. The first-order valence-corrected chi connectivity index (χ1v) is 10.8. The largest absolute Gasteiger partial charge is 0.496 e. The van der Waals surface area contributed by atoms with E-state index in [1.165, 1.54) is 37.6 Å². The van der Waals surface area contributed by atoms with Gasteiger partial charge in [-0.25, -0.2) is 23.0 Å². The van der Waals surface area contributed by atoms with E-state index in [0.717, 1.165) is 12.3 Å². The summed E-state index contributed by atoms with van der Waals surface area (Å²) < 4.78 is 52.3. The molecular formula is C19H17ClF2N4O2S. The molecule has 152 valence electrons. The Labute approximate surface area is 171 Å². The zero-order valence-corrected chi connectivity index (χ0v) is 17.1. The molecule has 29 heavy (non-hydrogen) atoms. The molecule has 3 rings (SSSR count). The van der Waals surface area contributed by atoms with Gasteiger partial charge in [0.15, 0.2) is 0 Å². The van der Waals surface area contributed by atoms with Crippen LogP contribution >= 0.6 is 11.6 Å². The number of nitrogens with one attached hydrogen (secondary N) is 2. The minimum absolute atomic E-state index is 0.0127. The lowest BCUT2D eigenvalue weighted by Crippen LogP contribution is -2.03. The summed E-state index contributed by atoms with van der Waals surface area (Å²) in [5, 5.41) is 3.06. The number of aromatic nitrogens is 2. The number of halogens is 3. The molecule has 0 fully saturated rings. The molecule has 2 heterocycles. The Hall–Kier alpha value is -2.78. The highest BCUT2D eigenvalue weighted by Crippen LogP contribution is 2.33. The average Bonchev–Trinajstić information content (AvgIpc) is 2.61. The summed E-state index contributed by atoms with van der Waals surface area (Å²) in [7, 11) is -1.40. The molecule has 0 spiro atoms. The van der Waals surface area contributed by atoms with E-state index < -0.39 is 21.4 Å². The molecule has 0 amide bonds. The monoisotopic (exact) mass is 438 g/mol. The lowest BCUT2D eigenvalue weighted by molar-refractivity contribution is 0.412. The van der Waals surface area contributed by atoms with Gasteiger partial charge in [-0.05, 0) is 35.9 Å². The van der Waals surface area contributed by atoms with Crippen molar-refractivity contribution in [3.05, 3.63) is 64.9 Å². The topological polar surface area (TPSA) is 88.0 Å². The quantitative estimate of drug-likeness (QED) is 0.528. The first-order chi connectivity index (χ1) is 13.6. The zero-order valence-electron chi connectivity index (χ0n) is 15.5. The number of methoxy groups -OCH3 is 1. The highest BCUT2D eigenvalue weighted by atomic mass is 35.5. The third-order valence-corrected chi connectivity index (χ3v) is 4.94. The number of benzene rings is 1. The van der Waals surface area contributed by atoms with Crippen LogP contribution in [0.2, 0.25) is 5.15 Å². The fourth-order valence-electron chi connectivity index (χ4n) is 2.75. The van der Waals surface area contributed by atoms with E-state index in [-0.39, 0.29) is 28.0 Å². The lowest BCUT2D eigenvalue weighted by Gasteiger charge is -2.12. The fourth-order valence-corrected chi connectivity index (χ4v) is 3.78. The summed E-state index contributed by atoms with van der Waals surface area (Å²) in [4.78, 5) is 8.11. The van der Waals surface area contributed by atoms with E-state index in [9.17, 15) is 13.0 Å². The van der Waals surface area contributed by atoms with Gasteiger partial charge in [0.1, 0.15) is 34.2 Å². The third-order valence-electron chi connectivity index (χ3n) is 3.86. The van der Waals surface area contributed by atoms with Gasteiger partial charge < -0.3 is 10.1 Å². The van der Waals surface area contributed by atoms with E-state index >= 15 is 0 Å². The first kappa shape index (κ1) is 20.9. The summed E-state index contributed by atoms with van der Waals surface area (Å²) in [6, 6.07) is 8.33. The average molecular weight is 439 g/mol. The Kier molecular flexibility index (Phi) is 5.99. The Morgan fingerprint density at radius 1 is 1.17 bits per heavy atom. The zero-order chi connectivity index (χ0) is 21.2. The molecule has 0 aliphatic heterocycles. The molecule has 6 nitrogen and oxygen atoms in total. The molecule has 0 saturated carbocycles. The second-order valence-corrected chi connectivity index (χ2v) is 9.04. The molecule has 1 unspecified atom stereocenters. The molecule has 0 radical (unpaired) electrons. The minimum Gasteiger partial charge on any atom is -0.496 e. The molecule has 1 aromatic carbocycles. The van der Waals surface area contributed by atoms with Gasteiger partial charge >= 0.3 is 0 Å². The van der Waals surface area contributed by atoms with Crippen molar-refractivity contribution in [3.8, 4) is 16.9 Å². The van der Waals surface area contributed by atoms with E-state index in [4.69, 9.17) is 21.1 Å². The maximum Gasteiger partial charge on any atom is 0.149 e. The van der Waals surface area contributed by atoms with Gasteiger partial charge in [0.05, 0.1) is 19.1 Å². The van der Waals surface area contributed by atoms with Crippen LogP contribution in [0, 0.1) is 16.4 Å². The van der Waals surface area contributed by atoms with Crippen molar-refractivity contribution >= 4 is 33.0 Å². The van der Waals surface area contributed by atoms with Gasteiger partial charge in [-0.15, -0.1) is 0 Å². The Bertz CT molecular complexity index is 1170. The summed E-state index contributed by atoms with van der Waals surface area (Å²) >= 11 is 6.01. The van der Waals surface area contributed by atoms with Gasteiger partial charge in [-0.3, -0.25) is 4.78 Å². The minimum atomic E-state index is -2.77. The van der Waals surface area contributed by atoms with Gasteiger partial charge in [-0.2, -0.15) is 0 Å². The van der Waals surface area contributed by atoms with Crippen LogP contribution in [0.25, 0.3) is 11.1 Å². The number of pyridine rings is 2. The standard InChI is InChI=1S/C19H17ClF2N4O2S/c1-28-16-7-12(21)3-4-13(16)14-8-18(24-9-15(14)22)26-19-6-11(5-17(20)25-19)10-29(2,23)27/h3-9,23H,10H2,1-2H3,(H,24,25,26). The SMILES string of the molecule is COc1cc(F)ccc1-c1cc(Nc2cc(CS(C)(=N)=O)cc(Cl)n2)ncc1F. The maximum absolute atomic E-state index is 14.4. The lowest BCUT2D eigenvalue weighted by atomic mass is 10.0. The molecule has 1 atom stereocenters. The van der Waals surface area contributed by atoms with Crippen LogP contribution < -0.4 is 10.1 Å². The summed E-state index contributed by atoms with van der Waals surface area (Å²) in [6.07, 6.45) is 2.35. The predicted octanol–water partition coefficient (Wildman–Crippen LogP) is 5.00. The van der Waals surface area contributed by atoms with Crippen LogP contribution in [-0.4, -0.2) is 27.5 Å². The molecule has 10 heteroatoms. The Morgan fingerprint density at radius 2 is 1.93 bits per heavy atom. The molecule has 0 aliphatic carbocycles. The molecular weight excluding hydrogens is 422 g/mol. The molecule has 0 saturated heterocycles. The number of anilines is 2. The van der Waals surface area contributed by atoms with Crippen molar-refractivity contribution in [2.24, 2.45) is 0 Å². The summed E-state index contributed by atoms with van der Waals surface area (Å²) in [6.45, 7) is 0. The molecule has 0 aliphatic rings. The molecule has 3 aromatic rings. The number of nitrogens with zero attached hydrogens (tertiary/aromatic N) is 2. The van der Waals surface area contributed by atoms with Crippen LogP contribution in [0.3, 0.4) is 0 Å². The van der Waals surface area contributed by atoms with Crippen molar-refractivity contribution in [1.29, 1.82) is 4.78 Å². The number of rotatable bonds is 6. The van der Waals surface area contributed by atoms with Crippen molar-refractivity contribution in [3.63, 3.8) is 0 Å². The van der Waals surface area contributed by atoms with E-state index in [2.05, 4.69) is 15.3 Å². The van der Waals surface area contributed by atoms with Crippen molar-refractivity contribution in [2.45, 2.75) is 5.75 Å². The van der Waals surface area contributed by atoms with E-state index in [0.29, 0.717) is 16.9 Å². The summed E-state index contributed by atoms with van der Waals surface area (Å²) in [5.74, 6) is -0.365. The smallest absolute Gasteiger partial charge is 0.149 e. The molecule has 2 aromatic heterocycles. The van der Waals surface area contributed by atoms with Crippen molar-refractivity contribution in [2.75, 3.05) is 18.7 Å². The van der Waals surface area contributed by atoms with Gasteiger partial charge in [0, 0.05) is 33.2 Å². The van der Waals surface area contributed by atoms with Gasteiger partial charge in [-0.1, -0.05) is 11.6 Å². The van der Waals surface area contributed by atoms with Crippen LogP contribution in [-0.2, 0) is 15.5 Å². The maximum atomic E-state index is 14.4. The predicted molar refractivity (Wildman–Crippen MR) is 109 cm³/mol. The summed E-state index contributed by atoms with van der Waals surface area (Å²) in [5.41, 5.74) is 1.08. The number of hydrogen-bond acceptors (Lipinski definition) is 6. The Morgan fingerprint density at radius 3 is 2.62 bits per heavy atom. The van der Waals surface area contributed by atoms with E-state index in [1.807, 2.05) is 0 Å². The van der Waals surface area contributed by atoms with Crippen molar-refractivity contribution < 1.29 is 17.7 Å². The Balaban J connectivity index is 1.97. The highest BCUT2D eigenvalue weighted by molar-refractivity contribution is 7.90. The third kappa shape index (κ3) is 5.39. The van der Waals surface area contributed by atoms with Gasteiger partial charge in [0.2, 0.25) is 0 Å².